The number of likely N-dealkylation sites (N-methyl/N-ethyl adjacent to an activating group) is 1. The molecule has 0 aliphatic rings. The Kier molecular flexibility index (Phi) is 25.0. The standard InChI is InChI=1S/C38H57N5O9S.C4H10/c1-8-10-16-42(7)21-34(47)39-20-35(48)43(24-51-36(49)11-9-2)32(25(3)4)19-33(52-27(6)45)38-41-31(23-53-38)37(50)40-29(17-26(5)22-44)18-28-12-14-30(46)15-13-28;1-3-4-2/h12-15,22-23,25-26,29,32-33,46H,8-11,16-21,24H2,1-7H3,(H,39,47)(H,40,50);3-4H2,1-2H3/t26-,29+,32?,33+;/m0./s1. The lowest BCUT2D eigenvalue weighted by molar-refractivity contribution is -0.158. The summed E-state index contributed by atoms with van der Waals surface area (Å²) in [6.45, 7) is 15.2. The Morgan fingerprint density at radius 1 is 0.965 bits per heavy atom. The van der Waals surface area contributed by atoms with Gasteiger partial charge in [-0.15, -0.1) is 11.3 Å². The predicted octanol–water partition coefficient (Wildman–Crippen LogP) is 6.22. The molecule has 14 nitrogen and oxygen atoms in total. The molecule has 320 valence electrons. The van der Waals surface area contributed by atoms with Crippen LogP contribution in [-0.4, -0.2) is 101 Å². The molecule has 0 aliphatic heterocycles. The van der Waals surface area contributed by atoms with Gasteiger partial charge in [0.1, 0.15) is 22.7 Å². The van der Waals surface area contributed by atoms with Gasteiger partial charge in [0, 0.05) is 43.1 Å². The third kappa shape index (κ3) is 20.6. The second kappa shape index (κ2) is 28.1. The molecular weight excluding hydrogens is 751 g/mol. The highest BCUT2D eigenvalue weighted by Gasteiger charge is 2.33. The molecule has 1 unspecified atom stereocenters. The van der Waals surface area contributed by atoms with Gasteiger partial charge < -0.3 is 34.9 Å². The number of ether oxygens (including phenoxy) is 2. The Morgan fingerprint density at radius 3 is 2.19 bits per heavy atom. The van der Waals surface area contributed by atoms with Crippen molar-refractivity contribution in [1.82, 2.24) is 25.4 Å². The molecule has 1 aromatic heterocycles. The van der Waals surface area contributed by atoms with Gasteiger partial charge in [-0.3, -0.25) is 28.9 Å². The van der Waals surface area contributed by atoms with Gasteiger partial charge in [-0.25, -0.2) is 4.98 Å². The minimum Gasteiger partial charge on any atom is -0.508 e. The number of nitrogens with one attached hydrogen (secondary N) is 2. The van der Waals surface area contributed by atoms with Gasteiger partial charge >= 0.3 is 11.9 Å². The maximum atomic E-state index is 13.7. The number of amides is 3. The van der Waals surface area contributed by atoms with Crippen LogP contribution in [0.1, 0.15) is 134 Å². The van der Waals surface area contributed by atoms with Crippen molar-refractivity contribution in [1.29, 1.82) is 0 Å². The van der Waals surface area contributed by atoms with Gasteiger partial charge in [0.15, 0.2) is 12.8 Å². The first-order valence-electron chi connectivity index (χ1n) is 20.2. The maximum Gasteiger partial charge on any atom is 0.307 e. The van der Waals surface area contributed by atoms with Crippen LogP contribution >= 0.6 is 11.3 Å². The number of carbonyl (C=O) groups excluding carboxylic acids is 6. The SMILES string of the molecule is CCCC.CCCCN(C)CC(=O)NCC(=O)N(COC(=O)CCC)C(C[C@@H](OC(C)=O)c1nc(C(=O)N[C@@H](Cc2ccc(O)cc2)C[C@H](C)C=O)cs1)C(C)C. The zero-order chi connectivity index (χ0) is 42.9. The lowest BCUT2D eigenvalue weighted by Crippen LogP contribution is -2.50. The van der Waals surface area contributed by atoms with E-state index in [9.17, 15) is 33.9 Å². The van der Waals surface area contributed by atoms with E-state index in [4.69, 9.17) is 9.47 Å². The van der Waals surface area contributed by atoms with E-state index >= 15 is 0 Å². The average Bonchev–Trinajstić information content (AvgIpc) is 3.67. The molecule has 0 saturated heterocycles. The van der Waals surface area contributed by atoms with E-state index in [0.717, 1.165) is 42.6 Å². The van der Waals surface area contributed by atoms with E-state index in [-0.39, 0.29) is 61.8 Å². The van der Waals surface area contributed by atoms with Crippen LogP contribution in [0.4, 0.5) is 0 Å². The first-order valence-corrected chi connectivity index (χ1v) is 21.0. The fourth-order valence-corrected chi connectivity index (χ4v) is 6.49. The summed E-state index contributed by atoms with van der Waals surface area (Å²) in [5, 5.41) is 17.2. The van der Waals surface area contributed by atoms with Crippen molar-refractivity contribution in [3.8, 4) is 5.75 Å². The minimum absolute atomic E-state index is 0.0664. The molecule has 0 fully saturated rings. The molecule has 4 atom stereocenters. The minimum atomic E-state index is -0.960. The third-order valence-corrected chi connectivity index (χ3v) is 9.93. The predicted molar refractivity (Wildman–Crippen MR) is 221 cm³/mol. The van der Waals surface area contributed by atoms with Crippen molar-refractivity contribution in [2.45, 2.75) is 131 Å². The van der Waals surface area contributed by atoms with Crippen LogP contribution in [0, 0.1) is 11.8 Å². The number of rotatable bonds is 25. The average molecular weight is 818 g/mol. The van der Waals surface area contributed by atoms with Crippen LogP contribution < -0.4 is 10.6 Å². The lowest BCUT2D eigenvalue weighted by atomic mass is 9.96. The van der Waals surface area contributed by atoms with E-state index in [1.54, 1.807) is 36.6 Å². The first kappa shape index (κ1) is 50.6. The summed E-state index contributed by atoms with van der Waals surface area (Å²) < 4.78 is 11.2. The Hall–Kier alpha value is -4.37. The Bertz CT molecular complexity index is 1520. The number of aromatic nitrogens is 1. The summed E-state index contributed by atoms with van der Waals surface area (Å²) >= 11 is 1.12. The highest BCUT2D eigenvalue weighted by Crippen LogP contribution is 2.31. The molecule has 1 heterocycles. The first-order chi connectivity index (χ1) is 27.1. The fraction of sp³-hybridized carbons (Fsp3) is 0.643. The monoisotopic (exact) mass is 817 g/mol. The van der Waals surface area contributed by atoms with Crippen LogP contribution in [0.2, 0.25) is 0 Å². The largest absolute Gasteiger partial charge is 0.508 e. The summed E-state index contributed by atoms with van der Waals surface area (Å²) in [6.07, 6.45) is 6.01. The number of carbonyl (C=O) groups is 6. The summed E-state index contributed by atoms with van der Waals surface area (Å²) in [5.74, 6) is -2.79. The number of nitrogens with zero attached hydrogens (tertiary/aromatic N) is 3. The van der Waals surface area contributed by atoms with Gasteiger partial charge in [-0.2, -0.15) is 0 Å². The molecule has 0 radical (unpaired) electrons. The van der Waals surface area contributed by atoms with Crippen molar-refractivity contribution in [2.75, 3.05) is 33.4 Å². The Balaban J connectivity index is 0.00000386. The fourth-order valence-electron chi connectivity index (χ4n) is 5.65. The number of aromatic hydroxyl groups is 1. The van der Waals surface area contributed by atoms with Crippen LogP contribution in [0.3, 0.4) is 0 Å². The molecule has 0 spiro atoms. The molecular formula is C42H67N5O9S. The number of aldehydes is 1. The number of unbranched alkanes of at least 4 members (excludes halogenated alkanes) is 2. The molecule has 3 amide bonds. The van der Waals surface area contributed by atoms with Crippen molar-refractivity contribution < 1.29 is 43.3 Å². The van der Waals surface area contributed by atoms with Gasteiger partial charge in [0.2, 0.25) is 11.8 Å². The zero-order valence-corrected chi connectivity index (χ0v) is 36.3. The molecule has 1 aromatic carbocycles. The number of thiazole rings is 1. The summed E-state index contributed by atoms with van der Waals surface area (Å²) in [6, 6.07) is 5.55. The molecule has 15 heteroatoms. The van der Waals surface area contributed by atoms with Crippen molar-refractivity contribution >= 4 is 47.3 Å². The summed E-state index contributed by atoms with van der Waals surface area (Å²) in [5.41, 5.74) is 0.948. The van der Waals surface area contributed by atoms with Gasteiger partial charge in [0.25, 0.3) is 5.91 Å². The van der Waals surface area contributed by atoms with Crippen molar-refractivity contribution in [3.05, 3.63) is 45.9 Å². The highest BCUT2D eigenvalue weighted by atomic mass is 32.1. The second-order valence-electron chi connectivity index (χ2n) is 14.7. The summed E-state index contributed by atoms with van der Waals surface area (Å²) in [7, 11) is 1.83. The number of phenolic OH excluding ortho intramolecular Hbond substituents is 1. The van der Waals surface area contributed by atoms with Crippen molar-refractivity contribution in [2.24, 2.45) is 11.8 Å². The third-order valence-electron chi connectivity index (χ3n) is 8.99. The number of benzene rings is 1. The van der Waals surface area contributed by atoms with Crippen LogP contribution in [0.25, 0.3) is 0 Å². The van der Waals surface area contributed by atoms with Gasteiger partial charge in [-0.1, -0.05) is 79.9 Å². The normalized spacial score (nSPS) is 13.0. The maximum absolute atomic E-state index is 13.7. The van der Waals surface area contributed by atoms with E-state index < -0.39 is 41.9 Å². The summed E-state index contributed by atoms with van der Waals surface area (Å²) in [4.78, 5) is 83.8. The molecule has 57 heavy (non-hydrogen) atoms. The molecule has 2 aromatic rings. The van der Waals surface area contributed by atoms with Gasteiger partial charge in [-0.05, 0) is 62.9 Å². The molecule has 0 saturated carbocycles. The number of esters is 2. The topological polar surface area (TPSA) is 185 Å². The zero-order valence-electron chi connectivity index (χ0n) is 35.5. The molecule has 0 bridgehead atoms. The van der Waals surface area contributed by atoms with Crippen LogP contribution in [-0.2, 0) is 39.9 Å². The number of phenols is 1. The van der Waals surface area contributed by atoms with E-state index in [0.29, 0.717) is 24.3 Å². The Morgan fingerprint density at radius 2 is 1.63 bits per heavy atom. The second-order valence-corrected chi connectivity index (χ2v) is 15.6. The smallest absolute Gasteiger partial charge is 0.307 e. The van der Waals surface area contributed by atoms with E-state index in [1.165, 1.54) is 24.7 Å². The van der Waals surface area contributed by atoms with E-state index in [1.807, 2.05) is 32.7 Å². The molecule has 3 N–H and O–H groups in total. The van der Waals surface area contributed by atoms with Crippen LogP contribution in [0.5, 0.6) is 5.75 Å². The lowest BCUT2D eigenvalue weighted by Gasteiger charge is -2.35. The Labute approximate surface area is 343 Å². The van der Waals surface area contributed by atoms with Crippen molar-refractivity contribution in [3.63, 3.8) is 0 Å². The van der Waals surface area contributed by atoms with Gasteiger partial charge in [0.05, 0.1) is 13.1 Å². The highest BCUT2D eigenvalue weighted by molar-refractivity contribution is 7.09. The van der Waals surface area contributed by atoms with Crippen LogP contribution in [0.15, 0.2) is 29.6 Å². The number of hydrogen-bond donors (Lipinski definition) is 3. The molecule has 2 rings (SSSR count). The van der Waals surface area contributed by atoms with E-state index in [2.05, 4.69) is 36.4 Å². The quantitative estimate of drug-likeness (QED) is 0.0588. The molecule has 0 aliphatic carbocycles. The number of hydrogen-bond acceptors (Lipinski definition) is 12.